The lowest BCUT2D eigenvalue weighted by Gasteiger charge is -2.16. The SMILES string of the molecule is CCOc1ccc(C(C)Cl)cc1NC(=O)c1ccc(Cl)c(N=NC(C(C)=O)C(=O)Nc2ccc(NC(=O)C(N=Nc3cc(C(=O)Nc4cc(C(C)Cl)ccc4OCC)ccc3Cl)C(C)=O)c(CCCl)c2)c1. The number of hydrogen-bond acceptors (Lipinski definition) is 12. The topological polar surface area (TPSA) is 218 Å². The van der Waals surface area contributed by atoms with Crippen LogP contribution in [0.1, 0.15) is 89.7 Å². The highest BCUT2D eigenvalue weighted by molar-refractivity contribution is 6.33. The van der Waals surface area contributed by atoms with Gasteiger partial charge in [0.05, 0.1) is 45.4 Å². The summed E-state index contributed by atoms with van der Waals surface area (Å²) in [6.45, 7) is 10.2. The maximum atomic E-state index is 13.6. The minimum atomic E-state index is -1.64. The summed E-state index contributed by atoms with van der Waals surface area (Å²) >= 11 is 31.5. The van der Waals surface area contributed by atoms with Gasteiger partial charge >= 0.3 is 0 Å². The van der Waals surface area contributed by atoms with Gasteiger partial charge in [0.1, 0.15) is 22.9 Å². The fraction of sp³-hybridized carbons (Fsp3) is 0.280. The van der Waals surface area contributed by atoms with Crippen LogP contribution in [0.15, 0.2) is 111 Å². The van der Waals surface area contributed by atoms with Gasteiger partial charge in [0.25, 0.3) is 23.6 Å². The summed E-state index contributed by atoms with van der Waals surface area (Å²) in [5.74, 6) is -3.09. The Bertz CT molecular complexity index is 2880. The molecule has 4 N–H and O–H groups in total. The van der Waals surface area contributed by atoms with Crippen molar-refractivity contribution >= 4 is 127 Å². The van der Waals surface area contributed by atoms with Crippen molar-refractivity contribution in [1.82, 2.24) is 0 Å². The Morgan fingerprint density at radius 3 is 1.42 bits per heavy atom. The molecule has 71 heavy (non-hydrogen) atoms. The first kappa shape index (κ1) is 55.5. The van der Waals surface area contributed by atoms with E-state index in [0.29, 0.717) is 41.7 Å². The van der Waals surface area contributed by atoms with Crippen LogP contribution in [0.5, 0.6) is 11.5 Å². The monoisotopic (exact) mass is 1060 g/mol. The molecular formula is C50H49Cl5N8O8. The molecular weight excluding hydrogens is 1020 g/mol. The smallest absolute Gasteiger partial charge is 0.258 e. The zero-order valence-electron chi connectivity index (χ0n) is 39.2. The molecule has 0 saturated carbocycles. The van der Waals surface area contributed by atoms with Gasteiger partial charge in [-0.3, -0.25) is 28.8 Å². The molecule has 4 amide bonds. The molecule has 0 fully saturated rings. The minimum Gasteiger partial charge on any atom is -0.492 e. The Labute approximate surface area is 435 Å². The lowest BCUT2D eigenvalue weighted by atomic mass is 10.1. The predicted octanol–water partition coefficient (Wildman–Crippen LogP) is 13.0. The first-order valence-electron chi connectivity index (χ1n) is 22.0. The number of halogens is 5. The van der Waals surface area contributed by atoms with E-state index in [2.05, 4.69) is 41.7 Å². The Morgan fingerprint density at radius 2 is 1.01 bits per heavy atom. The number of aryl methyl sites for hydroxylation is 1. The van der Waals surface area contributed by atoms with Crippen molar-refractivity contribution in [3.63, 3.8) is 0 Å². The van der Waals surface area contributed by atoms with Crippen LogP contribution in [0.25, 0.3) is 0 Å². The standard InChI is InChI=1S/C50H49Cl5N8O8/c1-7-70-43-17-11-30(26(3)52)22-41(43)58-47(66)33-9-14-36(54)39(24-33)60-62-45(28(5)64)49(68)56-35-13-16-38(32(21-35)19-20-51)57-50(69)46(29(6)65)63-61-40-25-34(10-15-37(40)55)48(67)59-42-23-31(27(4)53)12-18-44(42)71-8-2/h9-18,21-27,45-46H,7-8,19-20H2,1-6H3,(H,56,68)(H,57,69)(H,58,66)(H,59,67). The van der Waals surface area contributed by atoms with Gasteiger partial charge in [0.15, 0.2) is 11.6 Å². The molecule has 5 aromatic rings. The number of rotatable bonds is 22. The number of Topliss-reactive ketones (excluding diaryl/α,β-unsaturated/α-hetero) is 2. The van der Waals surface area contributed by atoms with E-state index >= 15 is 0 Å². The van der Waals surface area contributed by atoms with Crippen LogP contribution < -0.4 is 30.7 Å². The van der Waals surface area contributed by atoms with Crippen LogP contribution in [0, 0.1) is 0 Å². The van der Waals surface area contributed by atoms with E-state index in [1.54, 1.807) is 50.2 Å². The summed E-state index contributed by atoms with van der Waals surface area (Å²) in [7, 11) is 0. The fourth-order valence-electron chi connectivity index (χ4n) is 6.59. The van der Waals surface area contributed by atoms with Gasteiger partial charge in [-0.05, 0) is 144 Å². The molecule has 21 heteroatoms. The van der Waals surface area contributed by atoms with Crippen LogP contribution in [-0.4, -0.2) is 66.4 Å². The summed E-state index contributed by atoms with van der Waals surface area (Å²) in [4.78, 5) is 79.4. The van der Waals surface area contributed by atoms with E-state index in [-0.39, 0.29) is 67.0 Å². The summed E-state index contributed by atoms with van der Waals surface area (Å²) in [5, 5.41) is 26.6. The van der Waals surface area contributed by atoms with Crippen LogP contribution in [0.4, 0.5) is 34.1 Å². The van der Waals surface area contributed by atoms with Gasteiger partial charge in [-0.25, -0.2) is 0 Å². The van der Waals surface area contributed by atoms with Crippen molar-refractivity contribution in [2.45, 2.75) is 70.8 Å². The van der Waals surface area contributed by atoms with Crippen LogP contribution in [0.3, 0.4) is 0 Å². The third-order valence-corrected chi connectivity index (χ3v) is 11.6. The molecule has 4 unspecified atom stereocenters. The number of ketones is 2. The number of nitrogens with one attached hydrogen (secondary N) is 4. The number of alkyl halides is 3. The number of carbonyl (C=O) groups is 6. The van der Waals surface area contributed by atoms with E-state index in [1.165, 1.54) is 54.6 Å². The van der Waals surface area contributed by atoms with Crippen molar-refractivity contribution in [2.24, 2.45) is 20.5 Å². The third kappa shape index (κ3) is 15.3. The Balaban J connectivity index is 1.29. The second-order valence-corrected chi connectivity index (χ2v) is 18.1. The molecule has 5 rings (SSSR count). The van der Waals surface area contributed by atoms with Gasteiger partial charge in [-0.1, -0.05) is 35.3 Å². The summed E-state index contributed by atoms with van der Waals surface area (Å²) < 4.78 is 11.4. The minimum absolute atomic E-state index is 0.00829. The molecule has 0 aliphatic carbocycles. The Morgan fingerprint density at radius 1 is 0.563 bits per heavy atom. The molecule has 0 radical (unpaired) electrons. The second kappa shape index (κ2) is 26.1. The Hall–Kier alpha value is -6.43. The molecule has 0 bridgehead atoms. The zero-order valence-corrected chi connectivity index (χ0v) is 43.0. The average molecular weight is 1070 g/mol. The van der Waals surface area contributed by atoms with E-state index in [9.17, 15) is 28.8 Å². The zero-order chi connectivity index (χ0) is 51.9. The van der Waals surface area contributed by atoms with Crippen molar-refractivity contribution < 1.29 is 38.2 Å². The lowest BCUT2D eigenvalue weighted by Crippen LogP contribution is -2.32. The molecule has 0 saturated heterocycles. The molecule has 0 aromatic heterocycles. The van der Waals surface area contributed by atoms with Crippen LogP contribution in [-0.2, 0) is 25.6 Å². The number of carbonyl (C=O) groups excluding carboxylic acids is 6. The number of ether oxygens (including phenoxy) is 2. The first-order valence-corrected chi connectivity index (χ1v) is 24.2. The number of azo groups is 2. The van der Waals surface area contributed by atoms with E-state index in [0.717, 1.165) is 25.0 Å². The number of anilines is 4. The summed E-state index contributed by atoms with van der Waals surface area (Å²) in [5.41, 5.74) is 3.51. The number of hydrogen-bond donors (Lipinski definition) is 4. The molecule has 5 aromatic carbocycles. The highest BCUT2D eigenvalue weighted by atomic mass is 35.5. The quantitative estimate of drug-likeness (QED) is 0.0296. The second-order valence-electron chi connectivity index (χ2n) is 15.6. The van der Waals surface area contributed by atoms with Crippen LogP contribution >= 0.6 is 58.0 Å². The maximum Gasteiger partial charge on any atom is 0.258 e. The largest absolute Gasteiger partial charge is 0.492 e. The van der Waals surface area contributed by atoms with Crippen molar-refractivity contribution in [2.75, 3.05) is 40.4 Å². The van der Waals surface area contributed by atoms with Crippen LogP contribution in [0.2, 0.25) is 10.0 Å². The Kier molecular flexibility index (Phi) is 20.4. The van der Waals surface area contributed by atoms with Gasteiger partial charge in [-0.2, -0.15) is 20.5 Å². The van der Waals surface area contributed by atoms with Crippen molar-refractivity contribution in [3.05, 3.63) is 129 Å². The summed E-state index contributed by atoms with van der Waals surface area (Å²) in [6, 6.07) is 20.1. The normalized spacial score (nSPS) is 12.9. The number of amides is 4. The van der Waals surface area contributed by atoms with Crippen molar-refractivity contribution in [1.29, 1.82) is 0 Å². The van der Waals surface area contributed by atoms with E-state index in [1.807, 2.05) is 13.8 Å². The molecule has 0 heterocycles. The summed E-state index contributed by atoms with van der Waals surface area (Å²) in [6.07, 6.45) is 0.196. The fourth-order valence-corrected chi connectivity index (χ4v) is 7.37. The number of nitrogens with zero attached hydrogens (tertiary/aromatic N) is 4. The molecule has 16 nitrogen and oxygen atoms in total. The average Bonchev–Trinajstić information content (AvgIpc) is 3.32. The maximum absolute atomic E-state index is 13.6. The predicted molar refractivity (Wildman–Crippen MR) is 279 cm³/mol. The number of benzene rings is 5. The van der Waals surface area contributed by atoms with Gasteiger partial charge < -0.3 is 30.7 Å². The molecule has 4 atom stereocenters. The third-order valence-electron chi connectivity index (χ3n) is 10.3. The molecule has 0 aliphatic heterocycles. The van der Waals surface area contributed by atoms with Gasteiger partial charge in [0.2, 0.25) is 12.1 Å². The highest BCUT2D eigenvalue weighted by Gasteiger charge is 2.27. The molecule has 0 spiro atoms. The molecule has 0 aliphatic rings. The highest BCUT2D eigenvalue weighted by Crippen LogP contribution is 2.34. The molecule has 372 valence electrons. The first-order chi connectivity index (χ1) is 33.8. The van der Waals surface area contributed by atoms with E-state index in [4.69, 9.17) is 67.5 Å². The van der Waals surface area contributed by atoms with Gasteiger partial charge in [0, 0.05) is 28.4 Å². The van der Waals surface area contributed by atoms with Crippen molar-refractivity contribution in [3.8, 4) is 11.5 Å². The lowest BCUT2D eigenvalue weighted by molar-refractivity contribution is -0.127. The van der Waals surface area contributed by atoms with Gasteiger partial charge in [-0.15, -0.1) is 34.8 Å². The van der Waals surface area contributed by atoms with E-state index < -0.39 is 47.3 Å².